The molecule has 24 heavy (non-hydrogen) atoms. The minimum atomic E-state index is -3.81. The largest absolute Gasteiger partial charge is 0.530 e. The number of nitro benzene ring substituents is 1. The fourth-order valence-electron chi connectivity index (χ4n) is 2.26. The molecule has 7 nitrogen and oxygen atoms in total. The third-order valence-corrected chi connectivity index (χ3v) is 5.57. The molecule has 3 rings (SSSR count). The van der Waals surface area contributed by atoms with Crippen molar-refractivity contribution in [1.82, 2.24) is 0 Å². The van der Waals surface area contributed by atoms with E-state index in [-0.39, 0.29) is 18.0 Å². The van der Waals surface area contributed by atoms with Crippen LogP contribution in [0.1, 0.15) is 18.1 Å². The Morgan fingerprint density at radius 1 is 1.21 bits per heavy atom. The number of hydrogen-bond acceptors (Lipinski definition) is 6. The van der Waals surface area contributed by atoms with E-state index in [0.29, 0.717) is 6.42 Å². The van der Waals surface area contributed by atoms with Crippen molar-refractivity contribution in [3.63, 3.8) is 0 Å². The maximum absolute atomic E-state index is 12.7. The molecule has 1 aliphatic rings. The predicted molar refractivity (Wildman–Crippen MR) is 89.9 cm³/mol. The van der Waals surface area contributed by atoms with Gasteiger partial charge < -0.3 is 4.52 Å². The summed E-state index contributed by atoms with van der Waals surface area (Å²) in [6, 6.07) is 12.7. The molecule has 1 saturated heterocycles. The maximum Gasteiger partial charge on any atom is 0.530 e. The van der Waals surface area contributed by atoms with Crippen LogP contribution in [0.3, 0.4) is 0 Å². The van der Waals surface area contributed by atoms with E-state index in [9.17, 15) is 14.7 Å². The number of nitro groups is 1. The quantitative estimate of drug-likeness (QED) is 0.397. The molecule has 2 aromatic carbocycles. The van der Waals surface area contributed by atoms with Crippen LogP contribution in [0.2, 0.25) is 0 Å². The average Bonchev–Trinajstić information content (AvgIpc) is 2.55. The first kappa shape index (κ1) is 17.1. The number of halogens is 1. The van der Waals surface area contributed by atoms with Crippen molar-refractivity contribution < 1.29 is 23.1 Å². The lowest BCUT2D eigenvalue weighted by Gasteiger charge is -2.29. The SMILES string of the molecule is O=[N+]([O-])c1ccc(O[P@]2(=O)OCC[C@@H](c3ccccc3Br)O2)cc1. The van der Waals surface area contributed by atoms with Crippen molar-refractivity contribution in [1.29, 1.82) is 0 Å². The standard InChI is InChI=1S/C15H13BrNO6P/c16-14-4-2-1-3-13(14)15-9-10-21-24(20,23-15)22-12-7-5-11(6-8-12)17(18)19/h1-8,15H,9-10H2/t15-,24-/m0/s1. The van der Waals surface area contributed by atoms with Gasteiger partial charge in [0.05, 0.1) is 17.6 Å². The van der Waals surface area contributed by atoms with E-state index in [1.165, 1.54) is 24.3 Å². The number of benzene rings is 2. The average molecular weight is 414 g/mol. The molecule has 1 aliphatic heterocycles. The van der Waals surface area contributed by atoms with E-state index in [0.717, 1.165) is 10.0 Å². The molecule has 0 unspecified atom stereocenters. The highest BCUT2D eigenvalue weighted by Crippen LogP contribution is 2.57. The molecule has 1 heterocycles. The lowest BCUT2D eigenvalue weighted by Crippen LogP contribution is -2.16. The molecule has 0 aliphatic carbocycles. The number of non-ortho nitro benzene ring substituents is 1. The van der Waals surface area contributed by atoms with Crippen molar-refractivity contribution in [3.05, 3.63) is 68.7 Å². The monoisotopic (exact) mass is 413 g/mol. The molecule has 0 spiro atoms. The Labute approximate surface area is 146 Å². The summed E-state index contributed by atoms with van der Waals surface area (Å²) in [6.45, 7) is 0.219. The van der Waals surface area contributed by atoms with Gasteiger partial charge in [0.2, 0.25) is 0 Å². The van der Waals surface area contributed by atoms with E-state index in [2.05, 4.69) is 15.9 Å². The van der Waals surface area contributed by atoms with E-state index < -0.39 is 18.8 Å². The predicted octanol–water partition coefficient (Wildman–Crippen LogP) is 5.02. The molecular formula is C15H13BrNO6P. The van der Waals surface area contributed by atoms with E-state index >= 15 is 0 Å². The first-order chi connectivity index (χ1) is 11.5. The van der Waals surface area contributed by atoms with Crippen LogP contribution in [-0.4, -0.2) is 11.5 Å². The van der Waals surface area contributed by atoms with Crippen LogP contribution in [0, 0.1) is 10.1 Å². The number of phosphoric ester groups is 1. The van der Waals surface area contributed by atoms with Gasteiger partial charge in [0.1, 0.15) is 5.75 Å². The Bertz CT molecular complexity index is 797. The fraction of sp³-hybridized carbons (Fsp3) is 0.200. The summed E-state index contributed by atoms with van der Waals surface area (Å²) in [5, 5.41) is 10.7. The van der Waals surface area contributed by atoms with Crippen molar-refractivity contribution in [3.8, 4) is 5.75 Å². The molecule has 0 amide bonds. The Morgan fingerprint density at radius 3 is 2.58 bits per heavy atom. The number of nitrogens with zero attached hydrogens (tertiary/aromatic N) is 1. The molecule has 9 heteroatoms. The highest BCUT2D eigenvalue weighted by atomic mass is 79.9. The van der Waals surface area contributed by atoms with Crippen molar-refractivity contribution in [2.75, 3.05) is 6.61 Å². The lowest BCUT2D eigenvalue weighted by molar-refractivity contribution is -0.384. The summed E-state index contributed by atoms with van der Waals surface area (Å²) >= 11 is 3.44. The van der Waals surface area contributed by atoms with Gasteiger partial charge >= 0.3 is 7.82 Å². The molecule has 2 atom stereocenters. The van der Waals surface area contributed by atoms with Crippen molar-refractivity contribution in [2.24, 2.45) is 0 Å². The molecule has 1 fully saturated rings. The number of rotatable bonds is 4. The Kier molecular flexibility index (Phi) is 5.01. The molecule has 0 radical (unpaired) electrons. The van der Waals surface area contributed by atoms with Crippen LogP contribution in [0.15, 0.2) is 53.0 Å². The van der Waals surface area contributed by atoms with Gasteiger partial charge in [0.25, 0.3) is 5.69 Å². The lowest BCUT2D eigenvalue weighted by atomic mass is 10.1. The third-order valence-electron chi connectivity index (χ3n) is 3.40. The zero-order valence-electron chi connectivity index (χ0n) is 12.3. The van der Waals surface area contributed by atoms with Gasteiger partial charge in [-0.2, -0.15) is 0 Å². The molecule has 0 saturated carbocycles. The van der Waals surface area contributed by atoms with Crippen LogP contribution in [0.4, 0.5) is 5.69 Å². The number of hydrogen-bond donors (Lipinski definition) is 0. The third kappa shape index (κ3) is 3.84. The van der Waals surface area contributed by atoms with Crippen LogP contribution >= 0.6 is 23.8 Å². The highest BCUT2D eigenvalue weighted by molar-refractivity contribution is 9.10. The summed E-state index contributed by atoms with van der Waals surface area (Å²) in [5.74, 6) is 0.178. The normalized spacial score (nSPS) is 23.6. The first-order valence-corrected chi connectivity index (χ1v) is 9.34. The van der Waals surface area contributed by atoms with Crippen LogP contribution in [0.25, 0.3) is 0 Å². The van der Waals surface area contributed by atoms with Crippen LogP contribution in [-0.2, 0) is 13.6 Å². The Morgan fingerprint density at radius 2 is 1.92 bits per heavy atom. The topological polar surface area (TPSA) is 87.9 Å². The molecule has 0 aromatic heterocycles. The first-order valence-electron chi connectivity index (χ1n) is 7.08. The van der Waals surface area contributed by atoms with Crippen molar-refractivity contribution >= 4 is 29.4 Å². The summed E-state index contributed by atoms with van der Waals surface area (Å²) in [4.78, 5) is 10.1. The highest BCUT2D eigenvalue weighted by Gasteiger charge is 2.38. The fourth-order valence-corrected chi connectivity index (χ4v) is 4.20. The van der Waals surface area contributed by atoms with Gasteiger partial charge in [-0.05, 0) is 23.8 Å². The van der Waals surface area contributed by atoms with E-state index in [1.807, 2.05) is 24.3 Å². The molecule has 0 bridgehead atoms. The van der Waals surface area contributed by atoms with Gasteiger partial charge in [-0.15, -0.1) is 0 Å². The minimum absolute atomic E-state index is 0.0859. The Hall–Kier alpha value is -1.73. The van der Waals surface area contributed by atoms with E-state index in [1.54, 1.807) is 0 Å². The molecule has 2 aromatic rings. The second kappa shape index (κ2) is 7.03. The molecule has 126 valence electrons. The summed E-state index contributed by atoms with van der Waals surface area (Å²) in [7, 11) is -3.81. The van der Waals surface area contributed by atoms with Crippen molar-refractivity contribution in [2.45, 2.75) is 12.5 Å². The smallest absolute Gasteiger partial charge is 0.404 e. The second-order valence-electron chi connectivity index (χ2n) is 5.03. The minimum Gasteiger partial charge on any atom is -0.404 e. The Balaban J connectivity index is 1.76. The van der Waals surface area contributed by atoms with Gasteiger partial charge in [0.15, 0.2) is 0 Å². The zero-order valence-corrected chi connectivity index (χ0v) is 14.8. The summed E-state index contributed by atoms with van der Waals surface area (Å²) < 4.78 is 29.7. The van der Waals surface area contributed by atoms with Gasteiger partial charge in [-0.3, -0.25) is 19.2 Å². The molecule has 0 N–H and O–H groups in total. The summed E-state index contributed by atoms with van der Waals surface area (Å²) in [6.07, 6.45) is 0.106. The molecular weight excluding hydrogens is 401 g/mol. The van der Waals surface area contributed by atoms with Crippen LogP contribution in [0.5, 0.6) is 5.75 Å². The van der Waals surface area contributed by atoms with Gasteiger partial charge in [-0.25, -0.2) is 4.57 Å². The van der Waals surface area contributed by atoms with E-state index in [4.69, 9.17) is 13.6 Å². The summed E-state index contributed by atoms with van der Waals surface area (Å²) in [5.41, 5.74) is 0.769. The van der Waals surface area contributed by atoms with Gasteiger partial charge in [0, 0.05) is 23.0 Å². The maximum atomic E-state index is 12.7. The van der Waals surface area contributed by atoms with Crippen LogP contribution < -0.4 is 4.52 Å². The zero-order chi connectivity index (χ0) is 17.2. The van der Waals surface area contributed by atoms with Gasteiger partial charge in [-0.1, -0.05) is 34.1 Å². The second-order valence-corrected chi connectivity index (χ2v) is 7.43. The number of phosphoric acid groups is 1.